The van der Waals surface area contributed by atoms with Crippen molar-refractivity contribution in [3.63, 3.8) is 0 Å². The average molecular weight is 351 g/mol. The SMILES string of the molecule is O=Cc1ccc(C(=O)OCC(=O)c2ccc(N3CCCC3=O)cc2)cc1. The van der Waals surface area contributed by atoms with Crippen molar-refractivity contribution in [1.29, 1.82) is 0 Å². The summed E-state index contributed by atoms with van der Waals surface area (Å²) in [5, 5.41) is 0. The molecule has 2 aromatic rings. The fourth-order valence-electron chi connectivity index (χ4n) is 2.74. The van der Waals surface area contributed by atoms with Crippen LogP contribution in [0.1, 0.15) is 43.9 Å². The van der Waals surface area contributed by atoms with Gasteiger partial charge in [-0.1, -0.05) is 12.1 Å². The highest BCUT2D eigenvalue weighted by Gasteiger charge is 2.21. The standard InChI is InChI=1S/C20H17NO5/c22-12-14-3-5-16(6-4-14)20(25)26-13-18(23)15-7-9-17(10-8-15)21-11-1-2-19(21)24/h3-10,12H,1-2,11,13H2. The van der Waals surface area contributed by atoms with E-state index >= 15 is 0 Å². The van der Waals surface area contributed by atoms with Crippen molar-refractivity contribution in [2.45, 2.75) is 12.8 Å². The summed E-state index contributed by atoms with van der Waals surface area (Å²) < 4.78 is 5.02. The molecule has 0 unspecified atom stereocenters. The Kier molecular flexibility index (Phi) is 5.22. The second kappa shape index (κ2) is 7.74. The highest BCUT2D eigenvalue weighted by molar-refractivity contribution is 6.00. The summed E-state index contributed by atoms with van der Waals surface area (Å²) in [5.74, 6) is -0.879. The Morgan fingerprint density at radius 3 is 2.23 bits per heavy atom. The van der Waals surface area contributed by atoms with Crippen LogP contribution in [0.15, 0.2) is 48.5 Å². The highest BCUT2D eigenvalue weighted by atomic mass is 16.5. The quantitative estimate of drug-likeness (QED) is 0.454. The first-order valence-electron chi connectivity index (χ1n) is 8.24. The van der Waals surface area contributed by atoms with E-state index in [4.69, 9.17) is 4.74 Å². The molecule has 0 aromatic heterocycles. The molecule has 1 aliphatic heterocycles. The van der Waals surface area contributed by atoms with Gasteiger partial charge in [-0.3, -0.25) is 14.4 Å². The molecule has 2 aromatic carbocycles. The van der Waals surface area contributed by atoms with Gasteiger partial charge in [-0.25, -0.2) is 4.79 Å². The monoisotopic (exact) mass is 351 g/mol. The molecular weight excluding hydrogens is 334 g/mol. The van der Waals surface area contributed by atoms with Crippen LogP contribution < -0.4 is 4.90 Å². The highest BCUT2D eigenvalue weighted by Crippen LogP contribution is 2.21. The molecule has 0 N–H and O–H groups in total. The number of ketones is 1. The molecule has 0 aliphatic carbocycles. The number of nitrogens with zero attached hydrogens (tertiary/aromatic N) is 1. The second-order valence-electron chi connectivity index (χ2n) is 5.93. The number of carbonyl (C=O) groups excluding carboxylic acids is 4. The maximum Gasteiger partial charge on any atom is 0.338 e. The van der Waals surface area contributed by atoms with Crippen LogP contribution in [0.3, 0.4) is 0 Å². The summed E-state index contributed by atoms with van der Waals surface area (Å²) in [5.41, 5.74) is 1.89. The number of aldehydes is 1. The molecule has 1 amide bonds. The van der Waals surface area contributed by atoms with E-state index in [1.54, 1.807) is 29.2 Å². The van der Waals surface area contributed by atoms with Gasteiger partial charge in [-0.05, 0) is 42.8 Å². The van der Waals surface area contributed by atoms with Crippen molar-refractivity contribution >= 4 is 29.6 Å². The smallest absolute Gasteiger partial charge is 0.338 e. The molecule has 1 heterocycles. The third-order valence-corrected chi connectivity index (χ3v) is 4.19. The lowest BCUT2D eigenvalue weighted by molar-refractivity contribution is -0.117. The van der Waals surface area contributed by atoms with Gasteiger partial charge in [0, 0.05) is 29.8 Å². The lowest BCUT2D eigenvalue weighted by atomic mass is 10.1. The number of rotatable bonds is 6. The summed E-state index contributed by atoms with van der Waals surface area (Å²) in [4.78, 5) is 48.1. The van der Waals surface area contributed by atoms with E-state index in [1.165, 1.54) is 24.3 Å². The first-order valence-corrected chi connectivity index (χ1v) is 8.24. The lowest BCUT2D eigenvalue weighted by Crippen LogP contribution is -2.23. The molecule has 1 fully saturated rings. The summed E-state index contributed by atoms with van der Waals surface area (Å²) in [7, 11) is 0. The van der Waals surface area contributed by atoms with E-state index < -0.39 is 5.97 Å². The van der Waals surface area contributed by atoms with Crippen LogP contribution in [0.5, 0.6) is 0 Å². The number of esters is 1. The molecular formula is C20H17NO5. The van der Waals surface area contributed by atoms with E-state index in [9.17, 15) is 19.2 Å². The third-order valence-electron chi connectivity index (χ3n) is 4.19. The Labute approximate surface area is 150 Å². The zero-order valence-electron chi connectivity index (χ0n) is 14.0. The van der Waals surface area contributed by atoms with E-state index in [2.05, 4.69) is 0 Å². The number of hydrogen-bond acceptors (Lipinski definition) is 5. The van der Waals surface area contributed by atoms with Crippen LogP contribution in [0, 0.1) is 0 Å². The zero-order valence-corrected chi connectivity index (χ0v) is 14.0. The Morgan fingerprint density at radius 2 is 1.65 bits per heavy atom. The number of anilines is 1. The third kappa shape index (κ3) is 3.85. The van der Waals surface area contributed by atoms with Crippen LogP contribution in [-0.2, 0) is 9.53 Å². The van der Waals surface area contributed by atoms with Crippen LogP contribution in [0.25, 0.3) is 0 Å². The zero-order chi connectivity index (χ0) is 18.5. The molecule has 6 heteroatoms. The van der Waals surface area contributed by atoms with Crippen LogP contribution in [0.2, 0.25) is 0 Å². The minimum absolute atomic E-state index is 0.0820. The van der Waals surface area contributed by atoms with E-state index in [-0.39, 0.29) is 23.9 Å². The summed E-state index contributed by atoms with van der Waals surface area (Å²) in [6.45, 7) is 0.308. The molecule has 6 nitrogen and oxygen atoms in total. The maximum absolute atomic E-state index is 12.2. The molecule has 132 valence electrons. The van der Waals surface area contributed by atoms with Gasteiger partial charge in [0.05, 0.1) is 5.56 Å². The van der Waals surface area contributed by atoms with Gasteiger partial charge in [-0.2, -0.15) is 0 Å². The molecule has 1 saturated heterocycles. The van der Waals surface area contributed by atoms with Crippen molar-refractivity contribution in [1.82, 2.24) is 0 Å². The van der Waals surface area contributed by atoms with Gasteiger partial charge < -0.3 is 9.64 Å². The fraction of sp³-hybridized carbons (Fsp3) is 0.200. The van der Waals surface area contributed by atoms with Crippen molar-refractivity contribution in [2.75, 3.05) is 18.1 Å². The van der Waals surface area contributed by atoms with Gasteiger partial charge >= 0.3 is 5.97 Å². The van der Waals surface area contributed by atoms with Crippen LogP contribution in [0.4, 0.5) is 5.69 Å². The van der Waals surface area contributed by atoms with Gasteiger partial charge in [0.25, 0.3) is 0 Å². The number of benzene rings is 2. The average Bonchev–Trinajstić information content (AvgIpc) is 3.12. The van der Waals surface area contributed by atoms with E-state index in [1.807, 2.05) is 0 Å². The van der Waals surface area contributed by atoms with Crippen molar-refractivity contribution in [3.05, 3.63) is 65.2 Å². The second-order valence-corrected chi connectivity index (χ2v) is 5.93. The predicted octanol–water partition coefficient (Wildman–Crippen LogP) is 2.67. The number of ether oxygens (including phenoxy) is 1. The largest absolute Gasteiger partial charge is 0.454 e. The molecule has 0 bridgehead atoms. The predicted molar refractivity (Wildman–Crippen MR) is 94.5 cm³/mol. The minimum Gasteiger partial charge on any atom is -0.454 e. The summed E-state index contributed by atoms with van der Waals surface area (Å²) in [6, 6.07) is 12.6. The van der Waals surface area contributed by atoms with E-state index in [0.29, 0.717) is 30.4 Å². The Morgan fingerprint density at radius 1 is 1.00 bits per heavy atom. The lowest BCUT2D eigenvalue weighted by Gasteiger charge is -2.15. The van der Waals surface area contributed by atoms with Crippen LogP contribution >= 0.6 is 0 Å². The first-order chi connectivity index (χ1) is 12.6. The molecule has 3 rings (SSSR count). The van der Waals surface area contributed by atoms with Gasteiger partial charge in [-0.15, -0.1) is 0 Å². The number of carbonyl (C=O) groups is 4. The molecule has 0 atom stereocenters. The van der Waals surface area contributed by atoms with Crippen molar-refractivity contribution < 1.29 is 23.9 Å². The molecule has 0 radical (unpaired) electrons. The van der Waals surface area contributed by atoms with Crippen molar-refractivity contribution in [3.8, 4) is 0 Å². The Balaban J connectivity index is 1.58. The molecule has 0 saturated carbocycles. The number of amides is 1. The van der Waals surface area contributed by atoms with Gasteiger partial charge in [0.15, 0.2) is 12.4 Å². The Bertz CT molecular complexity index is 840. The number of hydrogen-bond donors (Lipinski definition) is 0. The fourth-order valence-corrected chi connectivity index (χ4v) is 2.74. The summed E-state index contributed by atoms with van der Waals surface area (Å²) in [6.07, 6.45) is 2.06. The van der Waals surface area contributed by atoms with Crippen molar-refractivity contribution in [2.24, 2.45) is 0 Å². The first kappa shape index (κ1) is 17.5. The van der Waals surface area contributed by atoms with Crippen LogP contribution in [-0.4, -0.2) is 37.1 Å². The number of Topliss-reactive ketones (excluding diaryl/α,β-unsaturated/α-hetero) is 1. The molecule has 1 aliphatic rings. The van der Waals surface area contributed by atoms with Gasteiger partial charge in [0.2, 0.25) is 5.91 Å². The topological polar surface area (TPSA) is 80.8 Å². The molecule has 26 heavy (non-hydrogen) atoms. The summed E-state index contributed by atoms with van der Waals surface area (Å²) >= 11 is 0. The normalized spacial score (nSPS) is 13.5. The maximum atomic E-state index is 12.2. The minimum atomic E-state index is -0.630. The van der Waals surface area contributed by atoms with E-state index in [0.717, 1.165) is 12.1 Å². The van der Waals surface area contributed by atoms with Gasteiger partial charge in [0.1, 0.15) is 6.29 Å². The molecule has 0 spiro atoms. The Hall–Kier alpha value is -3.28.